The number of nitriles is 1. The zero-order valence-corrected chi connectivity index (χ0v) is 31.3. The predicted molar refractivity (Wildman–Crippen MR) is 234 cm³/mol. The number of hydrogen-bond acceptors (Lipinski definition) is 3. The molecule has 268 valence electrons. The van der Waals surface area contributed by atoms with Crippen molar-refractivity contribution in [2.24, 2.45) is 0 Å². The van der Waals surface area contributed by atoms with Gasteiger partial charge >= 0.3 is 0 Å². The largest absolute Gasteiger partial charge is 0.309 e. The lowest BCUT2D eigenvalue weighted by Crippen LogP contribution is -2.25. The maximum Gasteiger partial charge on any atom is 0.160 e. The maximum absolute atomic E-state index is 9.77. The van der Waals surface area contributed by atoms with Gasteiger partial charge in [-0.25, -0.2) is 9.97 Å². The van der Waals surface area contributed by atoms with Gasteiger partial charge in [-0.15, -0.1) is 0 Å². The van der Waals surface area contributed by atoms with Gasteiger partial charge < -0.3 is 4.57 Å². The summed E-state index contributed by atoms with van der Waals surface area (Å²) < 4.78 is 2.43. The van der Waals surface area contributed by atoms with Crippen molar-refractivity contribution in [2.45, 2.75) is 5.41 Å². The predicted octanol–water partition coefficient (Wildman–Crippen LogP) is 12.8. The Balaban J connectivity index is 1.16. The molecule has 0 saturated heterocycles. The van der Waals surface area contributed by atoms with Crippen LogP contribution in [-0.4, -0.2) is 14.5 Å². The van der Waals surface area contributed by atoms with E-state index in [4.69, 9.17) is 9.97 Å². The van der Waals surface area contributed by atoms with Crippen molar-refractivity contribution >= 4 is 21.8 Å². The SMILES string of the molecule is N#Cc1cccc(-c2nc(-c3ccccc3)cc(-c3ccccc3-n3c4ccccc4c4cc5c(cc43)C3(c4ccccc4-c4ccccc43)c3ccccc3-5)n2)c1. The van der Waals surface area contributed by atoms with Gasteiger partial charge in [0, 0.05) is 27.5 Å². The first-order valence-electron chi connectivity index (χ1n) is 19.6. The molecule has 2 heterocycles. The first kappa shape index (κ1) is 32.4. The molecule has 0 aliphatic heterocycles. The molecule has 10 aromatic rings. The van der Waals surface area contributed by atoms with Crippen LogP contribution >= 0.6 is 0 Å². The molecule has 0 fully saturated rings. The molecule has 0 bridgehead atoms. The Morgan fingerprint density at radius 3 is 1.72 bits per heavy atom. The van der Waals surface area contributed by atoms with Crippen LogP contribution in [0.5, 0.6) is 0 Å². The molecule has 0 atom stereocenters. The van der Waals surface area contributed by atoms with Gasteiger partial charge in [-0.1, -0.05) is 152 Å². The maximum atomic E-state index is 9.77. The topological polar surface area (TPSA) is 54.5 Å². The van der Waals surface area contributed by atoms with Crippen LogP contribution in [0, 0.1) is 11.3 Å². The molecule has 4 heteroatoms. The van der Waals surface area contributed by atoms with Crippen molar-refractivity contribution in [1.29, 1.82) is 5.26 Å². The lowest BCUT2D eigenvalue weighted by atomic mass is 9.70. The van der Waals surface area contributed by atoms with Crippen LogP contribution in [0.25, 0.3) is 83.6 Å². The molecular formula is C54H32N4. The van der Waals surface area contributed by atoms with Crippen LogP contribution in [0.15, 0.2) is 194 Å². The molecule has 2 aliphatic rings. The number of nitrogens with zero attached hydrogens (tertiary/aromatic N) is 4. The molecule has 0 saturated carbocycles. The van der Waals surface area contributed by atoms with Crippen molar-refractivity contribution < 1.29 is 0 Å². The quantitative estimate of drug-likeness (QED) is 0.181. The molecule has 0 radical (unpaired) electrons. The van der Waals surface area contributed by atoms with Crippen molar-refractivity contribution in [3.63, 3.8) is 0 Å². The average Bonchev–Trinajstić information content (AvgIpc) is 3.90. The van der Waals surface area contributed by atoms with Crippen LogP contribution in [-0.2, 0) is 5.41 Å². The van der Waals surface area contributed by atoms with E-state index >= 15 is 0 Å². The Morgan fingerprint density at radius 2 is 1.00 bits per heavy atom. The normalized spacial score (nSPS) is 12.9. The number of benzene rings is 8. The molecule has 4 nitrogen and oxygen atoms in total. The van der Waals surface area contributed by atoms with E-state index in [2.05, 4.69) is 162 Å². The molecule has 0 N–H and O–H groups in total. The summed E-state index contributed by atoms with van der Waals surface area (Å²) in [6.45, 7) is 0. The first-order chi connectivity index (χ1) is 28.7. The fraction of sp³-hybridized carbons (Fsp3) is 0.0185. The molecule has 2 aromatic heterocycles. The molecular weight excluding hydrogens is 705 g/mol. The average molecular weight is 737 g/mol. The zero-order chi connectivity index (χ0) is 38.4. The van der Waals surface area contributed by atoms with Crippen LogP contribution in [0.1, 0.15) is 27.8 Å². The van der Waals surface area contributed by atoms with E-state index in [1.54, 1.807) is 0 Å². The monoisotopic (exact) mass is 736 g/mol. The highest BCUT2D eigenvalue weighted by Crippen LogP contribution is 2.63. The van der Waals surface area contributed by atoms with E-state index in [9.17, 15) is 5.26 Å². The van der Waals surface area contributed by atoms with Crippen molar-refractivity contribution in [3.05, 3.63) is 222 Å². The minimum atomic E-state index is -0.460. The Bertz CT molecular complexity index is 3320. The van der Waals surface area contributed by atoms with Gasteiger partial charge in [0.25, 0.3) is 0 Å². The van der Waals surface area contributed by atoms with E-state index in [0.717, 1.165) is 44.8 Å². The third-order valence-corrected chi connectivity index (χ3v) is 12.3. The third kappa shape index (κ3) is 4.44. The highest BCUT2D eigenvalue weighted by molar-refractivity contribution is 6.13. The number of aromatic nitrogens is 3. The van der Waals surface area contributed by atoms with Gasteiger partial charge in [0.2, 0.25) is 0 Å². The minimum Gasteiger partial charge on any atom is -0.309 e. The molecule has 0 unspecified atom stereocenters. The summed E-state index contributed by atoms with van der Waals surface area (Å²) in [4.78, 5) is 10.3. The first-order valence-corrected chi connectivity index (χ1v) is 19.6. The van der Waals surface area contributed by atoms with Crippen molar-refractivity contribution in [3.8, 4) is 67.9 Å². The Kier molecular flexibility index (Phi) is 6.88. The summed E-state index contributed by atoms with van der Waals surface area (Å²) >= 11 is 0. The Morgan fingerprint density at radius 1 is 0.414 bits per heavy atom. The third-order valence-electron chi connectivity index (χ3n) is 12.3. The summed E-state index contributed by atoms with van der Waals surface area (Å²) in [5.74, 6) is 0.571. The fourth-order valence-electron chi connectivity index (χ4n) is 9.90. The van der Waals surface area contributed by atoms with E-state index in [-0.39, 0.29) is 0 Å². The molecule has 12 rings (SSSR count). The highest BCUT2D eigenvalue weighted by Gasteiger charge is 2.51. The van der Waals surface area contributed by atoms with E-state index < -0.39 is 5.41 Å². The van der Waals surface area contributed by atoms with Gasteiger partial charge in [-0.3, -0.25) is 0 Å². The van der Waals surface area contributed by atoms with Gasteiger partial charge in [-0.05, 0) is 87.0 Å². The van der Waals surface area contributed by atoms with Gasteiger partial charge in [-0.2, -0.15) is 5.26 Å². The smallest absolute Gasteiger partial charge is 0.160 e. The molecule has 0 amide bonds. The zero-order valence-electron chi connectivity index (χ0n) is 31.3. The second-order valence-electron chi connectivity index (χ2n) is 15.2. The van der Waals surface area contributed by atoms with Gasteiger partial charge in [0.1, 0.15) is 0 Å². The highest BCUT2D eigenvalue weighted by atomic mass is 15.0. The molecule has 58 heavy (non-hydrogen) atoms. The van der Waals surface area contributed by atoms with E-state index in [0.29, 0.717) is 11.4 Å². The van der Waals surface area contributed by atoms with E-state index in [1.165, 1.54) is 55.3 Å². The number of hydrogen-bond donors (Lipinski definition) is 0. The van der Waals surface area contributed by atoms with Crippen LogP contribution in [0.2, 0.25) is 0 Å². The van der Waals surface area contributed by atoms with Crippen molar-refractivity contribution in [1.82, 2.24) is 14.5 Å². The summed E-state index contributed by atoms with van der Waals surface area (Å²) in [6.07, 6.45) is 0. The van der Waals surface area contributed by atoms with Gasteiger partial charge in [0.05, 0.1) is 45.2 Å². The standard InChI is InChI=1S/C54H32N4/c55-33-34-15-14-18-36(29-34)53-56-48(35-16-2-1-3-17-35)32-49(57-53)41-23-8-13-28-51(41)58-50-27-12-7-22-40(50)43-30-42-39-21-6-11-26-46(39)54(47(42)31-52(43)58)44-24-9-4-19-37(44)38-20-5-10-25-45(38)54/h1-32H. The fourth-order valence-corrected chi connectivity index (χ4v) is 9.90. The molecule has 2 aliphatic carbocycles. The Hall–Kier alpha value is -7.87. The van der Waals surface area contributed by atoms with Crippen molar-refractivity contribution in [2.75, 3.05) is 0 Å². The Labute approximate surface area is 335 Å². The second-order valence-corrected chi connectivity index (χ2v) is 15.2. The number of rotatable bonds is 4. The van der Waals surface area contributed by atoms with Gasteiger partial charge in [0.15, 0.2) is 5.82 Å². The van der Waals surface area contributed by atoms with Crippen LogP contribution in [0.3, 0.4) is 0 Å². The lowest BCUT2D eigenvalue weighted by molar-refractivity contribution is 0.794. The lowest BCUT2D eigenvalue weighted by Gasteiger charge is -2.30. The summed E-state index contributed by atoms with van der Waals surface area (Å²) in [5, 5.41) is 12.2. The van der Waals surface area contributed by atoms with Crippen LogP contribution < -0.4 is 0 Å². The summed E-state index contributed by atoms with van der Waals surface area (Å²) in [5.41, 5.74) is 18.2. The minimum absolute atomic E-state index is 0.460. The van der Waals surface area contributed by atoms with Crippen LogP contribution in [0.4, 0.5) is 0 Å². The second kappa shape index (κ2) is 12.3. The molecule has 1 spiro atoms. The summed E-state index contributed by atoms with van der Waals surface area (Å²) in [6, 6.07) is 71.3. The summed E-state index contributed by atoms with van der Waals surface area (Å²) in [7, 11) is 0. The number of para-hydroxylation sites is 2. The van der Waals surface area contributed by atoms with E-state index in [1.807, 2.05) is 42.5 Å². The number of fused-ring (bicyclic) bond motifs is 13. The molecule has 8 aromatic carbocycles.